The first-order chi connectivity index (χ1) is 7.29. The highest BCUT2D eigenvalue weighted by Crippen LogP contribution is 2.15. The first-order valence-corrected chi connectivity index (χ1v) is 4.27. The van der Waals surface area contributed by atoms with E-state index >= 15 is 0 Å². The van der Waals surface area contributed by atoms with Crippen LogP contribution in [0.5, 0.6) is 0 Å². The molecular formula is C11H6FN3. The van der Waals surface area contributed by atoms with Crippen LogP contribution in [0.1, 0.15) is 5.56 Å². The lowest BCUT2D eigenvalue weighted by Gasteiger charge is -1.99. The second-order valence-electron chi connectivity index (χ2n) is 2.92. The van der Waals surface area contributed by atoms with Crippen LogP contribution in [0, 0.1) is 17.1 Å². The van der Waals surface area contributed by atoms with Crippen molar-refractivity contribution in [1.29, 1.82) is 5.26 Å². The number of halogens is 1. The predicted molar refractivity (Wildman–Crippen MR) is 52.1 cm³/mol. The molecule has 0 aliphatic carbocycles. The highest BCUT2D eigenvalue weighted by Gasteiger charge is 2.01. The highest BCUT2D eigenvalue weighted by molar-refractivity contribution is 5.57. The minimum atomic E-state index is -0.477. The monoisotopic (exact) mass is 199 g/mol. The summed E-state index contributed by atoms with van der Waals surface area (Å²) in [4.78, 5) is 7.66. The van der Waals surface area contributed by atoms with Gasteiger partial charge in [0, 0.05) is 5.56 Å². The van der Waals surface area contributed by atoms with Crippen LogP contribution < -0.4 is 0 Å². The normalized spacial score (nSPS) is 9.60. The number of hydrogen-bond donors (Lipinski definition) is 0. The smallest absolute Gasteiger partial charge is 0.159 e. The molecule has 4 heteroatoms. The molecule has 1 aromatic heterocycles. The van der Waals surface area contributed by atoms with E-state index < -0.39 is 5.82 Å². The van der Waals surface area contributed by atoms with E-state index in [2.05, 4.69) is 9.97 Å². The van der Waals surface area contributed by atoms with E-state index in [-0.39, 0.29) is 0 Å². The summed E-state index contributed by atoms with van der Waals surface area (Å²) in [6.45, 7) is 0. The van der Waals surface area contributed by atoms with E-state index in [1.165, 1.54) is 0 Å². The first kappa shape index (κ1) is 9.28. The minimum absolute atomic E-state index is 0.411. The van der Waals surface area contributed by atoms with E-state index in [9.17, 15) is 4.39 Å². The molecule has 0 bridgehead atoms. The van der Waals surface area contributed by atoms with Crippen molar-refractivity contribution in [2.75, 3.05) is 0 Å². The van der Waals surface area contributed by atoms with E-state index in [0.29, 0.717) is 17.0 Å². The molecule has 0 saturated heterocycles. The van der Waals surface area contributed by atoms with Gasteiger partial charge in [0.1, 0.15) is 0 Å². The van der Waals surface area contributed by atoms with Crippen LogP contribution in [0.2, 0.25) is 0 Å². The van der Waals surface area contributed by atoms with Gasteiger partial charge in [-0.15, -0.1) is 0 Å². The van der Waals surface area contributed by atoms with Crippen molar-refractivity contribution in [3.05, 3.63) is 48.0 Å². The Labute approximate surface area is 85.9 Å². The van der Waals surface area contributed by atoms with Crippen LogP contribution in [0.15, 0.2) is 36.7 Å². The number of hydrogen-bond acceptors (Lipinski definition) is 3. The standard InChI is InChI=1S/C11H6FN3/c12-10-6-14-11(15-7-10)9-3-1-2-8(4-9)5-13/h1-4,6-7H. The SMILES string of the molecule is N#Cc1cccc(-c2ncc(F)cn2)c1. The van der Waals surface area contributed by atoms with E-state index in [4.69, 9.17) is 5.26 Å². The lowest BCUT2D eigenvalue weighted by Crippen LogP contribution is -1.89. The highest BCUT2D eigenvalue weighted by atomic mass is 19.1. The predicted octanol–water partition coefficient (Wildman–Crippen LogP) is 2.15. The zero-order valence-electron chi connectivity index (χ0n) is 7.68. The van der Waals surface area contributed by atoms with Crippen molar-refractivity contribution < 1.29 is 4.39 Å². The van der Waals surface area contributed by atoms with Gasteiger partial charge in [-0.1, -0.05) is 12.1 Å². The van der Waals surface area contributed by atoms with Gasteiger partial charge in [-0.25, -0.2) is 14.4 Å². The fourth-order valence-electron chi connectivity index (χ4n) is 1.19. The zero-order valence-corrected chi connectivity index (χ0v) is 7.68. The van der Waals surface area contributed by atoms with Gasteiger partial charge in [0.15, 0.2) is 11.6 Å². The summed E-state index contributed by atoms with van der Waals surface area (Å²) in [5.74, 6) is -0.0660. The molecule has 3 nitrogen and oxygen atoms in total. The van der Waals surface area contributed by atoms with E-state index in [1.807, 2.05) is 6.07 Å². The Morgan fingerprint density at radius 2 is 1.93 bits per heavy atom. The quantitative estimate of drug-likeness (QED) is 0.707. The summed E-state index contributed by atoms with van der Waals surface area (Å²) in [5, 5.41) is 8.70. The van der Waals surface area contributed by atoms with Crippen molar-refractivity contribution >= 4 is 0 Å². The molecule has 0 N–H and O–H groups in total. The maximum absolute atomic E-state index is 12.6. The van der Waals surface area contributed by atoms with Crippen molar-refractivity contribution in [3.63, 3.8) is 0 Å². The molecular weight excluding hydrogens is 193 g/mol. The summed E-state index contributed by atoms with van der Waals surface area (Å²) in [5.41, 5.74) is 1.23. The molecule has 0 aliphatic rings. The molecule has 0 radical (unpaired) electrons. The van der Waals surface area contributed by atoms with Gasteiger partial charge in [-0.2, -0.15) is 5.26 Å². The molecule has 0 fully saturated rings. The second-order valence-corrected chi connectivity index (χ2v) is 2.92. The van der Waals surface area contributed by atoms with Crippen molar-refractivity contribution in [2.24, 2.45) is 0 Å². The molecule has 2 rings (SSSR count). The molecule has 0 saturated carbocycles. The number of benzene rings is 1. The average molecular weight is 199 g/mol. The average Bonchev–Trinajstić information content (AvgIpc) is 2.30. The molecule has 0 atom stereocenters. The second kappa shape index (κ2) is 3.84. The summed E-state index contributed by atoms with van der Waals surface area (Å²) >= 11 is 0. The minimum Gasteiger partial charge on any atom is -0.233 e. The number of aromatic nitrogens is 2. The first-order valence-electron chi connectivity index (χ1n) is 4.27. The summed E-state index contributed by atoms with van der Waals surface area (Å²) in [6, 6.07) is 8.87. The molecule has 0 spiro atoms. The van der Waals surface area contributed by atoms with Crippen LogP contribution in [0.25, 0.3) is 11.4 Å². The maximum atomic E-state index is 12.6. The molecule has 1 aromatic carbocycles. The fourth-order valence-corrected chi connectivity index (χ4v) is 1.19. The van der Waals surface area contributed by atoms with Gasteiger partial charge in [-0.05, 0) is 12.1 Å². The number of rotatable bonds is 1. The fraction of sp³-hybridized carbons (Fsp3) is 0. The van der Waals surface area contributed by atoms with Crippen LogP contribution in [-0.2, 0) is 0 Å². The molecule has 1 heterocycles. The Bertz CT molecular complexity index is 514. The van der Waals surface area contributed by atoms with Gasteiger partial charge in [-0.3, -0.25) is 0 Å². The summed E-state index contributed by atoms with van der Waals surface area (Å²) < 4.78 is 12.6. The molecule has 2 aromatic rings. The van der Waals surface area contributed by atoms with Gasteiger partial charge in [0.25, 0.3) is 0 Å². The zero-order chi connectivity index (χ0) is 10.7. The molecule has 72 valence electrons. The van der Waals surface area contributed by atoms with Crippen LogP contribution in [0.4, 0.5) is 4.39 Å². The Hall–Kier alpha value is -2.28. The van der Waals surface area contributed by atoms with E-state index in [1.54, 1.807) is 24.3 Å². The Morgan fingerprint density at radius 3 is 2.60 bits per heavy atom. The molecule has 0 unspecified atom stereocenters. The van der Waals surface area contributed by atoms with Gasteiger partial charge >= 0.3 is 0 Å². The molecule has 0 amide bonds. The lowest BCUT2D eigenvalue weighted by atomic mass is 10.1. The summed E-state index contributed by atoms with van der Waals surface area (Å²) in [6.07, 6.45) is 2.20. The van der Waals surface area contributed by atoms with Crippen molar-refractivity contribution in [2.45, 2.75) is 0 Å². The number of nitriles is 1. The van der Waals surface area contributed by atoms with Gasteiger partial charge < -0.3 is 0 Å². The maximum Gasteiger partial charge on any atom is 0.159 e. The lowest BCUT2D eigenvalue weighted by molar-refractivity contribution is 0.614. The Balaban J connectivity index is 2.46. The van der Waals surface area contributed by atoms with Crippen LogP contribution in [0.3, 0.4) is 0 Å². The molecule has 15 heavy (non-hydrogen) atoms. The van der Waals surface area contributed by atoms with Crippen molar-refractivity contribution in [1.82, 2.24) is 9.97 Å². The Morgan fingerprint density at radius 1 is 1.20 bits per heavy atom. The molecule has 0 aliphatic heterocycles. The van der Waals surface area contributed by atoms with Crippen LogP contribution >= 0.6 is 0 Å². The number of nitrogens with zero attached hydrogens (tertiary/aromatic N) is 3. The van der Waals surface area contributed by atoms with Crippen LogP contribution in [-0.4, -0.2) is 9.97 Å². The topological polar surface area (TPSA) is 49.6 Å². The van der Waals surface area contributed by atoms with Gasteiger partial charge in [0.2, 0.25) is 0 Å². The Kier molecular flexibility index (Phi) is 2.38. The largest absolute Gasteiger partial charge is 0.233 e. The van der Waals surface area contributed by atoms with Crippen molar-refractivity contribution in [3.8, 4) is 17.5 Å². The summed E-state index contributed by atoms with van der Waals surface area (Å²) in [7, 11) is 0. The van der Waals surface area contributed by atoms with Gasteiger partial charge in [0.05, 0.1) is 24.0 Å². The third kappa shape index (κ3) is 1.97. The third-order valence-corrected chi connectivity index (χ3v) is 1.87. The third-order valence-electron chi connectivity index (χ3n) is 1.87. The van der Waals surface area contributed by atoms with E-state index in [0.717, 1.165) is 12.4 Å².